The Hall–Kier alpha value is -2.46. The van der Waals surface area contributed by atoms with Crippen LogP contribution in [-0.4, -0.2) is 54.7 Å². The first-order chi connectivity index (χ1) is 10.1. The third kappa shape index (κ3) is 3.77. The summed E-state index contributed by atoms with van der Waals surface area (Å²) >= 11 is 0. The molecule has 0 aliphatic carbocycles. The van der Waals surface area contributed by atoms with Crippen molar-refractivity contribution in [3.8, 4) is 6.07 Å². The summed E-state index contributed by atoms with van der Waals surface area (Å²) in [5.41, 5.74) is 0.671. The highest BCUT2D eigenvalue weighted by atomic mass is 16.5. The lowest BCUT2D eigenvalue weighted by atomic mass is 10.2. The van der Waals surface area contributed by atoms with Gasteiger partial charge in [-0.3, -0.25) is 9.59 Å². The number of ether oxygens (including phenoxy) is 2. The molecule has 1 fully saturated rings. The largest absolute Gasteiger partial charge is 0.469 e. The van der Waals surface area contributed by atoms with Gasteiger partial charge in [0.1, 0.15) is 11.8 Å². The van der Waals surface area contributed by atoms with Gasteiger partial charge in [0.2, 0.25) is 0 Å². The van der Waals surface area contributed by atoms with Crippen molar-refractivity contribution in [2.75, 3.05) is 26.8 Å². The fourth-order valence-corrected chi connectivity index (χ4v) is 2.05. The Kier molecular flexibility index (Phi) is 4.85. The molecule has 7 heteroatoms. The van der Waals surface area contributed by atoms with Gasteiger partial charge in [-0.2, -0.15) is 5.26 Å². The highest BCUT2D eigenvalue weighted by Crippen LogP contribution is 2.12. The maximum absolute atomic E-state index is 12.3. The summed E-state index contributed by atoms with van der Waals surface area (Å²) in [6.07, 6.45) is 1.11. The maximum atomic E-state index is 12.3. The zero-order valence-corrected chi connectivity index (χ0v) is 11.6. The normalized spacial score (nSPS) is 17.9. The molecule has 1 atom stereocenters. The van der Waals surface area contributed by atoms with Gasteiger partial charge in [-0.1, -0.05) is 0 Å². The molecule has 0 saturated carbocycles. The smallest absolute Gasteiger partial charge is 0.308 e. The second-order valence-corrected chi connectivity index (χ2v) is 4.57. The molecule has 1 aromatic rings. The van der Waals surface area contributed by atoms with Crippen molar-refractivity contribution in [1.29, 1.82) is 5.26 Å². The topological polar surface area (TPSA) is 92.5 Å². The lowest BCUT2D eigenvalue weighted by Gasteiger charge is -2.32. The average Bonchev–Trinajstić information content (AvgIpc) is 2.54. The maximum Gasteiger partial charge on any atom is 0.308 e. The first kappa shape index (κ1) is 14.9. The van der Waals surface area contributed by atoms with Crippen LogP contribution in [0.25, 0.3) is 0 Å². The van der Waals surface area contributed by atoms with E-state index in [1.807, 2.05) is 6.07 Å². The van der Waals surface area contributed by atoms with Gasteiger partial charge in [-0.25, -0.2) is 4.98 Å². The second-order valence-electron chi connectivity index (χ2n) is 4.57. The number of morpholine rings is 1. The minimum absolute atomic E-state index is 0.112. The minimum atomic E-state index is -0.370. The Morgan fingerprint density at radius 3 is 3.00 bits per heavy atom. The van der Waals surface area contributed by atoms with E-state index in [1.54, 1.807) is 11.0 Å². The summed E-state index contributed by atoms with van der Waals surface area (Å²) in [7, 11) is 1.31. The Bertz CT molecular complexity index is 565. The van der Waals surface area contributed by atoms with E-state index in [1.165, 1.54) is 19.4 Å². The molecule has 0 spiro atoms. The molecule has 0 bridgehead atoms. The van der Waals surface area contributed by atoms with Crippen molar-refractivity contribution in [2.24, 2.45) is 0 Å². The number of amides is 1. The third-order valence-electron chi connectivity index (χ3n) is 3.16. The van der Waals surface area contributed by atoms with Crippen molar-refractivity contribution in [3.63, 3.8) is 0 Å². The first-order valence-electron chi connectivity index (χ1n) is 6.48. The second kappa shape index (κ2) is 6.81. The monoisotopic (exact) mass is 289 g/mol. The molecule has 1 aliphatic heterocycles. The Balaban J connectivity index is 2.01. The molecule has 110 valence electrons. The molecule has 0 N–H and O–H groups in total. The number of methoxy groups -OCH3 is 1. The summed E-state index contributed by atoms with van der Waals surface area (Å²) in [5, 5.41) is 8.71. The van der Waals surface area contributed by atoms with Gasteiger partial charge < -0.3 is 14.4 Å². The van der Waals surface area contributed by atoms with Gasteiger partial charge in [0.05, 0.1) is 31.8 Å². The lowest BCUT2D eigenvalue weighted by molar-refractivity contribution is -0.145. The number of aromatic nitrogens is 1. The van der Waals surface area contributed by atoms with Gasteiger partial charge in [0, 0.05) is 19.3 Å². The quantitative estimate of drug-likeness (QED) is 0.746. The number of carbonyl (C=O) groups is 2. The zero-order chi connectivity index (χ0) is 15.2. The summed E-state index contributed by atoms with van der Waals surface area (Å²) in [6, 6.07) is 5.02. The predicted molar refractivity (Wildman–Crippen MR) is 71.2 cm³/mol. The van der Waals surface area contributed by atoms with Crippen molar-refractivity contribution in [1.82, 2.24) is 9.88 Å². The minimum Gasteiger partial charge on any atom is -0.469 e. The van der Waals surface area contributed by atoms with Crippen LogP contribution in [0.3, 0.4) is 0 Å². The van der Waals surface area contributed by atoms with Gasteiger partial charge in [-0.15, -0.1) is 0 Å². The van der Waals surface area contributed by atoms with Crippen molar-refractivity contribution < 1.29 is 19.1 Å². The highest BCUT2D eigenvalue weighted by Gasteiger charge is 2.27. The number of carbonyl (C=O) groups excluding carboxylic acids is 2. The van der Waals surface area contributed by atoms with E-state index in [2.05, 4.69) is 9.72 Å². The van der Waals surface area contributed by atoms with Crippen LogP contribution in [0.4, 0.5) is 0 Å². The van der Waals surface area contributed by atoms with Crippen LogP contribution in [0.2, 0.25) is 0 Å². The number of nitrogens with zero attached hydrogens (tertiary/aromatic N) is 3. The van der Waals surface area contributed by atoms with Crippen LogP contribution >= 0.6 is 0 Å². The fraction of sp³-hybridized carbons (Fsp3) is 0.429. The van der Waals surface area contributed by atoms with E-state index in [4.69, 9.17) is 10.00 Å². The van der Waals surface area contributed by atoms with E-state index in [0.717, 1.165) is 0 Å². The van der Waals surface area contributed by atoms with E-state index < -0.39 is 0 Å². The van der Waals surface area contributed by atoms with Crippen LogP contribution in [-0.2, 0) is 14.3 Å². The van der Waals surface area contributed by atoms with E-state index in [0.29, 0.717) is 25.3 Å². The Morgan fingerprint density at radius 1 is 1.57 bits per heavy atom. The summed E-state index contributed by atoms with van der Waals surface area (Å²) in [6.45, 7) is 1.12. The molecule has 1 unspecified atom stereocenters. The molecule has 0 aromatic carbocycles. The third-order valence-corrected chi connectivity index (χ3v) is 3.16. The van der Waals surface area contributed by atoms with Gasteiger partial charge in [-0.05, 0) is 12.1 Å². The first-order valence-corrected chi connectivity index (χ1v) is 6.48. The van der Waals surface area contributed by atoms with E-state index in [-0.39, 0.29) is 30.1 Å². The molecular weight excluding hydrogens is 274 g/mol. The molecule has 7 nitrogen and oxygen atoms in total. The molecular formula is C14H15N3O4. The molecule has 2 rings (SSSR count). The highest BCUT2D eigenvalue weighted by molar-refractivity contribution is 5.92. The van der Waals surface area contributed by atoms with Gasteiger partial charge in [0.25, 0.3) is 5.91 Å². The van der Waals surface area contributed by atoms with Crippen molar-refractivity contribution in [2.45, 2.75) is 12.5 Å². The number of esters is 1. The zero-order valence-electron chi connectivity index (χ0n) is 11.6. The predicted octanol–water partition coefficient (Wildman–Crippen LogP) is 0.357. The van der Waals surface area contributed by atoms with Crippen LogP contribution in [0.15, 0.2) is 18.3 Å². The molecule has 2 heterocycles. The summed E-state index contributed by atoms with van der Waals surface area (Å²) in [5.74, 6) is -0.608. The van der Waals surface area contributed by atoms with E-state index in [9.17, 15) is 9.59 Å². The van der Waals surface area contributed by atoms with Gasteiger partial charge >= 0.3 is 5.97 Å². The molecule has 21 heavy (non-hydrogen) atoms. The number of rotatable bonds is 3. The van der Waals surface area contributed by atoms with Crippen LogP contribution < -0.4 is 0 Å². The summed E-state index contributed by atoms with van der Waals surface area (Å²) < 4.78 is 10.0. The number of pyridine rings is 1. The lowest BCUT2D eigenvalue weighted by Crippen LogP contribution is -2.46. The summed E-state index contributed by atoms with van der Waals surface area (Å²) in [4.78, 5) is 29.1. The molecule has 0 radical (unpaired) electrons. The average molecular weight is 289 g/mol. The Morgan fingerprint density at radius 2 is 2.38 bits per heavy atom. The molecule has 1 aromatic heterocycles. The standard InChI is InChI=1S/C14H15N3O4/c1-20-13(18)6-11-9-17(4-5-21-11)14(19)12-3-2-10(7-15)8-16-12/h2-3,8,11H,4-6,9H2,1H3. The fourth-order valence-electron chi connectivity index (χ4n) is 2.05. The van der Waals surface area contributed by atoms with Crippen LogP contribution in [0, 0.1) is 11.3 Å². The Labute approximate surface area is 122 Å². The van der Waals surface area contributed by atoms with Crippen LogP contribution in [0.1, 0.15) is 22.5 Å². The van der Waals surface area contributed by atoms with Crippen molar-refractivity contribution in [3.05, 3.63) is 29.6 Å². The SMILES string of the molecule is COC(=O)CC1CN(C(=O)c2ccc(C#N)cn2)CCO1. The van der Waals surface area contributed by atoms with Crippen molar-refractivity contribution >= 4 is 11.9 Å². The number of nitriles is 1. The van der Waals surface area contributed by atoms with Crippen LogP contribution in [0.5, 0.6) is 0 Å². The van der Waals surface area contributed by atoms with Gasteiger partial charge in [0.15, 0.2) is 0 Å². The molecule has 1 amide bonds. The molecule has 1 aliphatic rings. The van der Waals surface area contributed by atoms with E-state index >= 15 is 0 Å². The number of hydrogen-bond donors (Lipinski definition) is 0. The molecule has 1 saturated heterocycles. The number of hydrogen-bond acceptors (Lipinski definition) is 6.